The van der Waals surface area contributed by atoms with E-state index in [9.17, 15) is 9.18 Å². The van der Waals surface area contributed by atoms with Gasteiger partial charge in [-0.15, -0.1) is 0 Å². The van der Waals surface area contributed by atoms with Crippen molar-refractivity contribution in [2.24, 2.45) is 0 Å². The fraction of sp³-hybridized carbons (Fsp3) is 0.348. The van der Waals surface area contributed by atoms with Crippen molar-refractivity contribution in [3.63, 3.8) is 0 Å². The molecule has 2 aliphatic rings. The van der Waals surface area contributed by atoms with Crippen molar-refractivity contribution in [1.29, 1.82) is 0 Å². The smallest absolute Gasteiger partial charge is 0.304 e. The number of piperidine rings is 1. The number of rotatable bonds is 4. The Balaban J connectivity index is 1.74. The van der Waals surface area contributed by atoms with Crippen LogP contribution in [0.5, 0.6) is 11.5 Å². The Morgan fingerprint density at radius 2 is 1.97 bits per heavy atom. The lowest BCUT2D eigenvalue weighted by Crippen LogP contribution is -2.33. The first-order valence-electron chi connectivity index (χ1n) is 9.81. The second-order valence-electron chi connectivity index (χ2n) is 7.42. The van der Waals surface area contributed by atoms with E-state index in [1.54, 1.807) is 19.2 Å². The number of methoxy groups -OCH3 is 1. The van der Waals surface area contributed by atoms with Crippen molar-refractivity contribution in [1.82, 2.24) is 4.90 Å². The molecule has 0 radical (unpaired) electrons. The minimum atomic E-state index is -0.776. The SMILES string of the molecule is COc1ccc2c(c1)COc1ccc(F)cc1C2=C1CCN(CCC(=O)O)CC1. The van der Waals surface area contributed by atoms with Crippen molar-refractivity contribution >= 4 is 11.5 Å². The molecule has 0 aromatic heterocycles. The highest BCUT2D eigenvalue weighted by atomic mass is 19.1. The number of hydrogen-bond donors (Lipinski definition) is 1. The minimum Gasteiger partial charge on any atom is -0.497 e. The van der Waals surface area contributed by atoms with Gasteiger partial charge in [-0.3, -0.25) is 4.79 Å². The Morgan fingerprint density at radius 3 is 2.69 bits per heavy atom. The van der Waals surface area contributed by atoms with E-state index in [-0.39, 0.29) is 12.2 Å². The van der Waals surface area contributed by atoms with E-state index in [1.165, 1.54) is 11.6 Å². The van der Waals surface area contributed by atoms with Gasteiger partial charge >= 0.3 is 5.97 Å². The zero-order chi connectivity index (χ0) is 20.4. The van der Waals surface area contributed by atoms with Crippen LogP contribution in [0.15, 0.2) is 42.0 Å². The van der Waals surface area contributed by atoms with Gasteiger partial charge in [0.15, 0.2) is 0 Å². The highest BCUT2D eigenvalue weighted by Gasteiger charge is 2.25. The largest absolute Gasteiger partial charge is 0.497 e. The summed E-state index contributed by atoms with van der Waals surface area (Å²) in [5.41, 5.74) is 5.12. The highest BCUT2D eigenvalue weighted by molar-refractivity contribution is 5.87. The topological polar surface area (TPSA) is 59.0 Å². The zero-order valence-corrected chi connectivity index (χ0v) is 16.4. The number of nitrogens with zero attached hydrogens (tertiary/aromatic N) is 1. The van der Waals surface area contributed by atoms with E-state index < -0.39 is 5.97 Å². The van der Waals surface area contributed by atoms with Gasteiger partial charge in [0.25, 0.3) is 0 Å². The first-order chi connectivity index (χ1) is 14.0. The van der Waals surface area contributed by atoms with Gasteiger partial charge in [-0.1, -0.05) is 11.6 Å². The summed E-state index contributed by atoms with van der Waals surface area (Å²) in [7, 11) is 1.63. The molecular weight excluding hydrogens is 373 g/mol. The Morgan fingerprint density at radius 1 is 1.17 bits per heavy atom. The normalized spacial score (nSPS) is 16.5. The van der Waals surface area contributed by atoms with Crippen LogP contribution < -0.4 is 9.47 Å². The summed E-state index contributed by atoms with van der Waals surface area (Å²) in [6.07, 6.45) is 1.78. The van der Waals surface area contributed by atoms with E-state index in [1.807, 2.05) is 18.2 Å². The number of carbonyl (C=O) groups is 1. The van der Waals surface area contributed by atoms with Crippen LogP contribution in [0.1, 0.15) is 36.0 Å². The van der Waals surface area contributed by atoms with E-state index in [0.717, 1.165) is 53.9 Å². The number of halogens is 1. The van der Waals surface area contributed by atoms with Crippen LogP contribution in [-0.2, 0) is 11.4 Å². The Kier molecular flexibility index (Phi) is 5.53. The third-order valence-corrected chi connectivity index (χ3v) is 5.63. The molecule has 0 spiro atoms. The number of aliphatic carboxylic acids is 1. The molecule has 1 saturated heterocycles. The van der Waals surface area contributed by atoms with Gasteiger partial charge in [-0.05, 0) is 54.3 Å². The minimum absolute atomic E-state index is 0.149. The number of likely N-dealkylation sites (tertiary alicyclic amines) is 1. The predicted molar refractivity (Wildman–Crippen MR) is 108 cm³/mol. The zero-order valence-electron chi connectivity index (χ0n) is 16.4. The van der Waals surface area contributed by atoms with Crippen LogP contribution >= 0.6 is 0 Å². The van der Waals surface area contributed by atoms with Crippen LogP contribution in [0.3, 0.4) is 0 Å². The first-order valence-corrected chi connectivity index (χ1v) is 9.81. The first kappa shape index (κ1) is 19.5. The molecule has 6 heteroatoms. The monoisotopic (exact) mass is 397 g/mol. The van der Waals surface area contributed by atoms with Crippen LogP contribution in [0.2, 0.25) is 0 Å². The molecule has 2 aromatic rings. The Hall–Kier alpha value is -2.86. The van der Waals surface area contributed by atoms with Gasteiger partial charge in [0.1, 0.15) is 23.9 Å². The van der Waals surface area contributed by atoms with Gasteiger partial charge in [0.2, 0.25) is 0 Å². The second kappa shape index (κ2) is 8.25. The average molecular weight is 397 g/mol. The number of benzene rings is 2. The molecule has 1 N–H and O–H groups in total. The summed E-state index contributed by atoms with van der Waals surface area (Å²) in [5, 5.41) is 8.92. The summed E-state index contributed by atoms with van der Waals surface area (Å²) >= 11 is 0. The van der Waals surface area contributed by atoms with Crippen molar-refractivity contribution in [2.75, 3.05) is 26.7 Å². The van der Waals surface area contributed by atoms with Crippen LogP contribution in [0.4, 0.5) is 4.39 Å². The molecule has 152 valence electrons. The molecule has 0 atom stereocenters. The quantitative estimate of drug-likeness (QED) is 0.842. The lowest BCUT2D eigenvalue weighted by molar-refractivity contribution is -0.137. The maximum Gasteiger partial charge on any atom is 0.304 e. The summed E-state index contributed by atoms with van der Waals surface area (Å²) in [5.74, 6) is 0.373. The average Bonchev–Trinajstić information content (AvgIpc) is 2.88. The lowest BCUT2D eigenvalue weighted by atomic mass is 9.86. The third kappa shape index (κ3) is 4.12. The molecule has 29 heavy (non-hydrogen) atoms. The molecule has 0 bridgehead atoms. The molecular formula is C23H24FNO4. The van der Waals surface area contributed by atoms with Gasteiger partial charge in [0.05, 0.1) is 13.5 Å². The predicted octanol–water partition coefficient (Wildman–Crippen LogP) is 4.10. The lowest BCUT2D eigenvalue weighted by Gasteiger charge is -2.30. The van der Waals surface area contributed by atoms with Gasteiger partial charge in [-0.2, -0.15) is 0 Å². The van der Waals surface area contributed by atoms with Crippen molar-refractivity contribution in [2.45, 2.75) is 25.9 Å². The summed E-state index contributed by atoms with van der Waals surface area (Å²) in [6, 6.07) is 10.6. The fourth-order valence-electron chi connectivity index (χ4n) is 4.12. The number of fused-ring (bicyclic) bond motifs is 2. The van der Waals surface area contributed by atoms with Crippen molar-refractivity contribution in [3.05, 3.63) is 64.5 Å². The summed E-state index contributed by atoms with van der Waals surface area (Å²) in [4.78, 5) is 13.0. The van der Waals surface area contributed by atoms with E-state index in [4.69, 9.17) is 14.6 Å². The fourth-order valence-corrected chi connectivity index (χ4v) is 4.12. The molecule has 0 unspecified atom stereocenters. The molecule has 2 heterocycles. The second-order valence-corrected chi connectivity index (χ2v) is 7.42. The number of carboxylic acids is 1. The molecule has 0 aliphatic carbocycles. The van der Waals surface area contributed by atoms with E-state index in [2.05, 4.69) is 4.90 Å². The molecule has 2 aromatic carbocycles. The highest BCUT2D eigenvalue weighted by Crippen LogP contribution is 2.42. The Bertz CT molecular complexity index is 959. The van der Waals surface area contributed by atoms with E-state index >= 15 is 0 Å². The number of carboxylic acid groups (broad SMARTS) is 1. The summed E-state index contributed by atoms with van der Waals surface area (Å²) < 4.78 is 25.5. The van der Waals surface area contributed by atoms with Crippen LogP contribution in [-0.4, -0.2) is 42.7 Å². The summed E-state index contributed by atoms with van der Waals surface area (Å²) in [6.45, 7) is 2.54. The number of hydrogen-bond acceptors (Lipinski definition) is 4. The van der Waals surface area contributed by atoms with Crippen LogP contribution in [0.25, 0.3) is 5.57 Å². The molecule has 5 nitrogen and oxygen atoms in total. The molecule has 2 aliphatic heterocycles. The van der Waals surface area contributed by atoms with Crippen molar-refractivity contribution < 1.29 is 23.8 Å². The number of ether oxygens (including phenoxy) is 2. The molecule has 0 saturated carbocycles. The van der Waals surface area contributed by atoms with Gasteiger partial charge in [0, 0.05) is 30.8 Å². The molecule has 4 rings (SSSR count). The maximum absolute atomic E-state index is 14.1. The van der Waals surface area contributed by atoms with E-state index in [0.29, 0.717) is 18.9 Å². The molecule has 0 amide bonds. The van der Waals surface area contributed by atoms with Gasteiger partial charge < -0.3 is 19.5 Å². The molecule has 1 fully saturated rings. The standard InChI is InChI=1S/C23H24FNO4/c1-28-18-3-4-19-16(12-18)14-29-21-5-2-17(24)13-20(21)23(19)15-6-9-25(10-7-15)11-8-22(26)27/h2-5,12-13H,6-11,14H2,1H3,(H,26,27). The third-order valence-electron chi connectivity index (χ3n) is 5.63. The van der Waals surface area contributed by atoms with Gasteiger partial charge in [-0.25, -0.2) is 4.39 Å². The Labute approximate surface area is 169 Å². The van der Waals surface area contributed by atoms with Crippen molar-refractivity contribution in [3.8, 4) is 11.5 Å². The maximum atomic E-state index is 14.1. The van der Waals surface area contributed by atoms with Crippen LogP contribution in [0, 0.1) is 5.82 Å².